The summed E-state index contributed by atoms with van der Waals surface area (Å²) in [5.41, 5.74) is 4.20. The van der Waals surface area contributed by atoms with E-state index in [9.17, 15) is 4.79 Å². The summed E-state index contributed by atoms with van der Waals surface area (Å²) < 4.78 is 5.17. The molecule has 1 aliphatic rings. The molecule has 1 N–H and O–H groups in total. The van der Waals surface area contributed by atoms with Crippen molar-refractivity contribution in [3.8, 4) is 5.75 Å². The second kappa shape index (κ2) is 7.80. The Hall–Kier alpha value is -2.86. The molecule has 0 bridgehead atoms. The van der Waals surface area contributed by atoms with Crippen LogP contribution in [0.15, 0.2) is 53.9 Å². The molecular formula is C21H21N3O2S. The van der Waals surface area contributed by atoms with Crippen LogP contribution in [0.5, 0.6) is 5.75 Å². The molecule has 5 nitrogen and oxygen atoms in total. The van der Waals surface area contributed by atoms with Gasteiger partial charge in [-0.3, -0.25) is 4.79 Å². The molecule has 27 heavy (non-hydrogen) atoms. The van der Waals surface area contributed by atoms with Crippen LogP contribution >= 0.6 is 11.3 Å². The zero-order chi connectivity index (χ0) is 18.6. The zero-order valence-electron chi connectivity index (χ0n) is 15.1. The number of hydrogen-bond acceptors (Lipinski definition) is 5. The Morgan fingerprint density at radius 2 is 1.96 bits per heavy atom. The fourth-order valence-electron chi connectivity index (χ4n) is 3.21. The van der Waals surface area contributed by atoms with Crippen LogP contribution in [0, 0.1) is 0 Å². The van der Waals surface area contributed by atoms with E-state index in [0.717, 1.165) is 29.4 Å². The monoisotopic (exact) mass is 379 g/mol. The highest BCUT2D eigenvalue weighted by Crippen LogP contribution is 2.23. The highest BCUT2D eigenvalue weighted by atomic mass is 32.1. The van der Waals surface area contributed by atoms with E-state index in [1.54, 1.807) is 7.11 Å². The molecule has 0 atom stereocenters. The van der Waals surface area contributed by atoms with Crippen LogP contribution in [0.25, 0.3) is 0 Å². The van der Waals surface area contributed by atoms with Gasteiger partial charge in [0.1, 0.15) is 11.4 Å². The van der Waals surface area contributed by atoms with Gasteiger partial charge in [0.05, 0.1) is 7.11 Å². The lowest BCUT2D eigenvalue weighted by molar-refractivity contribution is 0.0729. The summed E-state index contributed by atoms with van der Waals surface area (Å²) in [5.74, 6) is 0.835. The van der Waals surface area contributed by atoms with Gasteiger partial charge in [-0.2, -0.15) is 0 Å². The third-order valence-corrected chi connectivity index (χ3v) is 5.54. The lowest BCUT2D eigenvalue weighted by Crippen LogP contribution is -2.36. The summed E-state index contributed by atoms with van der Waals surface area (Å²) >= 11 is 1.46. The smallest absolute Gasteiger partial charge is 0.273 e. The fourth-order valence-corrected chi connectivity index (χ4v) is 3.89. The molecule has 0 aliphatic carbocycles. The summed E-state index contributed by atoms with van der Waals surface area (Å²) in [6, 6.07) is 16.2. The number of benzene rings is 2. The van der Waals surface area contributed by atoms with Gasteiger partial charge in [-0.05, 0) is 35.2 Å². The number of amides is 1. The van der Waals surface area contributed by atoms with Gasteiger partial charge in [-0.15, -0.1) is 11.3 Å². The minimum atomic E-state index is -0.00162. The van der Waals surface area contributed by atoms with Crippen molar-refractivity contribution in [1.82, 2.24) is 9.88 Å². The first-order valence-electron chi connectivity index (χ1n) is 8.91. The topological polar surface area (TPSA) is 54.5 Å². The van der Waals surface area contributed by atoms with Crippen LogP contribution in [0.4, 0.5) is 5.13 Å². The number of anilines is 1. The molecule has 3 aromatic rings. The van der Waals surface area contributed by atoms with Crippen LogP contribution in [0.3, 0.4) is 0 Å². The van der Waals surface area contributed by atoms with E-state index in [2.05, 4.69) is 28.5 Å². The van der Waals surface area contributed by atoms with Gasteiger partial charge in [0.25, 0.3) is 5.91 Å². The predicted octanol–water partition coefficient (Wildman–Crippen LogP) is 3.96. The Bertz CT molecular complexity index is 937. The van der Waals surface area contributed by atoms with Crippen LogP contribution in [-0.4, -0.2) is 29.4 Å². The van der Waals surface area contributed by atoms with E-state index in [1.807, 2.05) is 40.6 Å². The number of thiazole rings is 1. The second-order valence-corrected chi connectivity index (χ2v) is 7.34. The highest BCUT2D eigenvalue weighted by molar-refractivity contribution is 7.13. The Balaban J connectivity index is 1.38. The van der Waals surface area contributed by atoms with Crippen molar-refractivity contribution in [3.63, 3.8) is 0 Å². The van der Waals surface area contributed by atoms with Crippen LogP contribution < -0.4 is 10.1 Å². The minimum Gasteiger partial charge on any atom is -0.497 e. The molecule has 2 heterocycles. The molecule has 0 saturated heterocycles. The standard InChI is InChI=1S/C21H21N3O2S/c1-26-18-8-6-15(7-9-18)12-22-21-23-19(14-27-21)20(25)24-11-10-16-4-2-3-5-17(16)13-24/h2-9,14H,10-13H2,1H3,(H,22,23). The maximum Gasteiger partial charge on any atom is 0.273 e. The number of ether oxygens (including phenoxy) is 1. The van der Waals surface area contributed by atoms with E-state index in [1.165, 1.54) is 22.5 Å². The molecule has 1 aromatic heterocycles. The van der Waals surface area contributed by atoms with Crippen molar-refractivity contribution >= 4 is 22.4 Å². The number of aromatic nitrogens is 1. The Morgan fingerprint density at radius 1 is 1.19 bits per heavy atom. The maximum atomic E-state index is 12.8. The number of nitrogens with zero attached hydrogens (tertiary/aromatic N) is 2. The number of nitrogens with one attached hydrogen (secondary N) is 1. The lowest BCUT2D eigenvalue weighted by Gasteiger charge is -2.28. The molecule has 0 spiro atoms. The summed E-state index contributed by atoms with van der Waals surface area (Å²) in [4.78, 5) is 19.2. The first-order chi connectivity index (χ1) is 13.2. The molecule has 0 unspecified atom stereocenters. The number of carbonyl (C=O) groups is 1. The van der Waals surface area contributed by atoms with Crippen molar-refractivity contribution in [2.24, 2.45) is 0 Å². The number of fused-ring (bicyclic) bond motifs is 1. The summed E-state index contributed by atoms with van der Waals surface area (Å²) in [6.07, 6.45) is 0.897. The first kappa shape index (κ1) is 17.5. The first-order valence-corrected chi connectivity index (χ1v) is 9.79. The number of hydrogen-bond donors (Lipinski definition) is 1. The Kier molecular flexibility index (Phi) is 5.07. The van der Waals surface area contributed by atoms with E-state index in [0.29, 0.717) is 18.8 Å². The molecule has 138 valence electrons. The van der Waals surface area contributed by atoms with Gasteiger partial charge >= 0.3 is 0 Å². The third-order valence-electron chi connectivity index (χ3n) is 4.74. The molecule has 0 radical (unpaired) electrons. The average Bonchev–Trinajstić information content (AvgIpc) is 3.21. The molecule has 6 heteroatoms. The summed E-state index contributed by atoms with van der Waals surface area (Å²) in [7, 11) is 1.66. The molecular weight excluding hydrogens is 358 g/mol. The predicted molar refractivity (Wildman–Crippen MR) is 107 cm³/mol. The van der Waals surface area contributed by atoms with Crippen molar-refractivity contribution in [2.75, 3.05) is 19.0 Å². The van der Waals surface area contributed by atoms with Crippen molar-refractivity contribution < 1.29 is 9.53 Å². The quantitative estimate of drug-likeness (QED) is 0.729. The summed E-state index contributed by atoms with van der Waals surface area (Å²) in [5, 5.41) is 5.88. The summed E-state index contributed by atoms with van der Waals surface area (Å²) in [6.45, 7) is 2.05. The number of rotatable bonds is 5. The molecule has 1 aliphatic heterocycles. The van der Waals surface area contributed by atoms with E-state index in [4.69, 9.17) is 4.74 Å². The Labute approximate surface area is 162 Å². The van der Waals surface area contributed by atoms with Gasteiger partial charge in [-0.1, -0.05) is 36.4 Å². The van der Waals surface area contributed by atoms with Crippen molar-refractivity contribution in [2.45, 2.75) is 19.5 Å². The molecule has 0 saturated carbocycles. The van der Waals surface area contributed by atoms with Gasteiger partial charge in [0.15, 0.2) is 5.13 Å². The normalized spacial score (nSPS) is 13.1. The van der Waals surface area contributed by atoms with Crippen LogP contribution in [0.1, 0.15) is 27.2 Å². The molecule has 1 amide bonds. The van der Waals surface area contributed by atoms with Gasteiger partial charge < -0.3 is 15.0 Å². The Morgan fingerprint density at radius 3 is 2.74 bits per heavy atom. The SMILES string of the molecule is COc1ccc(CNc2nc(C(=O)N3CCc4ccccc4C3)cs2)cc1. The van der Waals surface area contributed by atoms with E-state index < -0.39 is 0 Å². The highest BCUT2D eigenvalue weighted by Gasteiger charge is 2.23. The third kappa shape index (κ3) is 3.95. The molecule has 0 fully saturated rings. The number of methoxy groups -OCH3 is 1. The average molecular weight is 379 g/mol. The number of carbonyl (C=O) groups excluding carboxylic acids is 1. The minimum absolute atomic E-state index is 0.00162. The van der Waals surface area contributed by atoms with E-state index >= 15 is 0 Å². The zero-order valence-corrected chi connectivity index (χ0v) is 16.0. The molecule has 4 rings (SSSR count). The second-order valence-electron chi connectivity index (χ2n) is 6.48. The van der Waals surface area contributed by atoms with E-state index in [-0.39, 0.29) is 5.91 Å². The molecule has 2 aromatic carbocycles. The van der Waals surface area contributed by atoms with Crippen LogP contribution in [-0.2, 0) is 19.5 Å². The van der Waals surface area contributed by atoms with Crippen molar-refractivity contribution in [1.29, 1.82) is 0 Å². The van der Waals surface area contributed by atoms with Gasteiger partial charge in [-0.25, -0.2) is 4.98 Å². The largest absolute Gasteiger partial charge is 0.497 e. The fraction of sp³-hybridized carbons (Fsp3) is 0.238. The van der Waals surface area contributed by atoms with Crippen LogP contribution in [0.2, 0.25) is 0 Å². The lowest BCUT2D eigenvalue weighted by atomic mass is 10.00. The van der Waals surface area contributed by atoms with Gasteiger partial charge in [0.2, 0.25) is 0 Å². The van der Waals surface area contributed by atoms with Gasteiger partial charge in [0, 0.05) is 25.0 Å². The maximum absolute atomic E-state index is 12.8. The van der Waals surface area contributed by atoms with Crippen molar-refractivity contribution in [3.05, 3.63) is 76.3 Å².